The van der Waals surface area contributed by atoms with Crippen molar-refractivity contribution >= 4 is 18.1 Å². The number of allylic oxidation sites excluding steroid dienone is 1. The van der Waals surface area contributed by atoms with Gasteiger partial charge in [0.2, 0.25) is 0 Å². The second-order valence-electron chi connectivity index (χ2n) is 2.16. The molecule has 0 saturated heterocycles. The van der Waals surface area contributed by atoms with Crippen LogP contribution in [0.4, 0.5) is 0 Å². The lowest BCUT2D eigenvalue weighted by Crippen LogP contribution is -2.42. The molecule has 0 fully saturated rings. The van der Waals surface area contributed by atoms with Gasteiger partial charge in [0.25, 0.3) is 5.91 Å². The molecule has 0 aliphatic heterocycles. The summed E-state index contributed by atoms with van der Waals surface area (Å²) in [5, 5.41) is 6.77. The van der Waals surface area contributed by atoms with Gasteiger partial charge in [-0.3, -0.25) is 15.6 Å². The summed E-state index contributed by atoms with van der Waals surface area (Å²) in [6, 6.07) is 0. The minimum absolute atomic E-state index is 0.134. The highest BCUT2D eigenvalue weighted by molar-refractivity contribution is 6.21. The molecule has 6 N–H and O–H groups in total. The molecule has 7 heteroatoms. The molecule has 0 rings (SSSR count). The minimum Gasteiger partial charge on any atom is -0.308 e. The molecule has 0 atom stereocenters. The molecule has 0 bridgehead atoms. The highest BCUT2D eigenvalue weighted by Crippen LogP contribution is 1.95. The van der Waals surface area contributed by atoms with E-state index >= 15 is 0 Å². The molecule has 0 aromatic heterocycles. The van der Waals surface area contributed by atoms with Crippen molar-refractivity contribution in [1.82, 2.24) is 16.3 Å². The smallest absolute Gasteiger partial charge is 0.268 e. The number of carbonyl (C=O) groups excluding carboxylic acids is 1. The van der Waals surface area contributed by atoms with Crippen LogP contribution in [-0.2, 0) is 4.79 Å². The fourth-order valence-corrected chi connectivity index (χ4v) is 0.805. The van der Waals surface area contributed by atoms with Crippen molar-refractivity contribution < 1.29 is 4.79 Å². The molecule has 0 aromatic rings. The van der Waals surface area contributed by atoms with Crippen molar-refractivity contribution in [3.05, 3.63) is 11.6 Å². The Morgan fingerprint density at radius 1 is 1.57 bits per heavy atom. The minimum atomic E-state index is -0.381. The second-order valence-corrected chi connectivity index (χ2v) is 2.16. The van der Waals surface area contributed by atoms with Crippen LogP contribution >= 0.6 is 0 Å². The Labute approximate surface area is 81.9 Å². The molecule has 0 aliphatic carbocycles. The van der Waals surface area contributed by atoms with Crippen LogP contribution in [0.5, 0.6) is 0 Å². The SMILES string of the molecule is C/C=C(C(=O)NNC)\C(=N/C=N)NN. The molecular formula is C7H14N6O. The van der Waals surface area contributed by atoms with Crippen molar-refractivity contribution in [2.45, 2.75) is 6.92 Å². The number of hydrogen-bond acceptors (Lipinski definition) is 4. The topological polar surface area (TPSA) is 115 Å². The molecule has 7 nitrogen and oxygen atoms in total. The van der Waals surface area contributed by atoms with E-state index in [0.717, 1.165) is 6.34 Å². The first-order valence-electron chi connectivity index (χ1n) is 3.88. The van der Waals surface area contributed by atoms with Gasteiger partial charge < -0.3 is 5.43 Å². The predicted molar refractivity (Wildman–Crippen MR) is 54.5 cm³/mol. The first-order chi connectivity index (χ1) is 6.71. The number of aliphatic imine (C=N–C) groups is 1. The zero-order valence-electron chi connectivity index (χ0n) is 8.09. The number of hydrazine groups is 2. The summed E-state index contributed by atoms with van der Waals surface area (Å²) in [5.74, 6) is 4.90. The van der Waals surface area contributed by atoms with Crippen molar-refractivity contribution in [2.75, 3.05) is 7.05 Å². The Balaban J connectivity index is 4.79. The van der Waals surface area contributed by atoms with Gasteiger partial charge >= 0.3 is 0 Å². The van der Waals surface area contributed by atoms with Crippen molar-refractivity contribution in [3.8, 4) is 0 Å². The fourth-order valence-electron chi connectivity index (χ4n) is 0.805. The Morgan fingerprint density at radius 2 is 2.21 bits per heavy atom. The molecule has 0 unspecified atom stereocenters. The lowest BCUT2D eigenvalue weighted by atomic mass is 10.2. The van der Waals surface area contributed by atoms with Crippen molar-refractivity contribution in [1.29, 1.82) is 5.41 Å². The maximum Gasteiger partial charge on any atom is 0.268 e. The molecule has 0 aliphatic rings. The quantitative estimate of drug-likeness (QED) is 0.126. The average Bonchev–Trinajstić information content (AvgIpc) is 2.18. The molecular weight excluding hydrogens is 184 g/mol. The molecule has 0 radical (unpaired) electrons. The summed E-state index contributed by atoms with van der Waals surface area (Å²) >= 11 is 0. The van der Waals surface area contributed by atoms with Crippen LogP contribution in [-0.4, -0.2) is 25.1 Å². The maximum absolute atomic E-state index is 11.4. The predicted octanol–water partition coefficient (Wildman–Crippen LogP) is -1.35. The van der Waals surface area contributed by atoms with Crippen LogP contribution in [0.25, 0.3) is 0 Å². The zero-order valence-corrected chi connectivity index (χ0v) is 8.09. The van der Waals surface area contributed by atoms with E-state index < -0.39 is 0 Å². The standard InChI is InChI=1S/C7H14N6O/c1-3-5(7(14)13-10-2)6(12-9)11-4-8/h3-4,10H,9H2,1-2H3,(H,13,14)(H2,8,11,12)/b5-3+. The fraction of sp³-hybridized carbons (Fsp3) is 0.286. The van der Waals surface area contributed by atoms with Crippen LogP contribution < -0.4 is 22.1 Å². The number of rotatable bonds is 4. The molecule has 0 aromatic carbocycles. The lowest BCUT2D eigenvalue weighted by molar-refractivity contribution is -0.117. The molecule has 1 amide bonds. The first-order valence-corrected chi connectivity index (χ1v) is 3.88. The number of amides is 1. The third kappa shape index (κ3) is 3.33. The third-order valence-electron chi connectivity index (χ3n) is 1.36. The van der Waals surface area contributed by atoms with Gasteiger partial charge in [-0.15, -0.1) is 0 Å². The van der Waals surface area contributed by atoms with Crippen LogP contribution in [0, 0.1) is 5.41 Å². The van der Waals surface area contributed by atoms with Crippen LogP contribution in [0.3, 0.4) is 0 Å². The van der Waals surface area contributed by atoms with Crippen LogP contribution in [0.15, 0.2) is 16.6 Å². The Hall–Kier alpha value is -1.73. The van der Waals surface area contributed by atoms with E-state index in [2.05, 4.69) is 21.3 Å². The molecule has 14 heavy (non-hydrogen) atoms. The van der Waals surface area contributed by atoms with Crippen LogP contribution in [0.1, 0.15) is 6.92 Å². The number of hydrogen-bond donors (Lipinski definition) is 5. The van der Waals surface area contributed by atoms with Crippen molar-refractivity contribution in [3.63, 3.8) is 0 Å². The number of nitrogens with two attached hydrogens (primary N) is 1. The van der Waals surface area contributed by atoms with Gasteiger partial charge in [-0.05, 0) is 6.92 Å². The van der Waals surface area contributed by atoms with E-state index in [-0.39, 0.29) is 17.3 Å². The van der Waals surface area contributed by atoms with E-state index in [1.54, 1.807) is 14.0 Å². The molecule has 0 saturated carbocycles. The summed E-state index contributed by atoms with van der Waals surface area (Å²) < 4.78 is 0. The average molecular weight is 198 g/mol. The van der Waals surface area contributed by atoms with Gasteiger partial charge in [-0.25, -0.2) is 16.3 Å². The van der Waals surface area contributed by atoms with Gasteiger partial charge in [0.15, 0.2) is 5.84 Å². The maximum atomic E-state index is 11.4. The Kier molecular flexibility index (Phi) is 5.92. The van der Waals surface area contributed by atoms with E-state index in [1.165, 1.54) is 6.08 Å². The van der Waals surface area contributed by atoms with E-state index in [0.29, 0.717) is 0 Å². The summed E-state index contributed by atoms with van der Waals surface area (Å²) in [6.07, 6.45) is 2.33. The van der Waals surface area contributed by atoms with Crippen molar-refractivity contribution in [2.24, 2.45) is 10.8 Å². The Morgan fingerprint density at radius 3 is 2.57 bits per heavy atom. The zero-order chi connectivity index (χ0) is 11.0. The van der Waals surface area contributed by atoms with E-state index in [9.17, 15) is 4.79 Å². The number of amidine groups is 1. The van der Waals surface area contributed by atoms with Gasteiger partial charge in [-0.1, -0.05) is 6.08 Å². The monoisotopic (exact) mass is 198 g/mol. The van der Waals surface area contributed by atoms with E-state index in [4.69, 9.17) is 11.3 Å². The highest BCUT2D eigenvalue weighted by atomic mass is 16.2. The second kappa shape index (κ2) is 6.75. The van der Waals surface area contributed by atoms with Gasteiger partial charge in [0.05, 0.1) is 5.57 Å². The number of carbonyl (C=O) groups is 1. The van der Waals surface area contributed by atoms with E-state index in [1.807, 2.05) is 0 Å². The highest BCUT2D eigenvalue weighted by Gasteiger charge is 2.12. The van der Waals surface area contributed by atoms with Gasteiger partial charge in [-0.2, -0.15) is 0 Å². The summed E-state index contributed by atoms with van der Waals surface area (Å²) in [7, 11) is 1.56. The normalized spacial score (nSPS) is 12.2. The molecule has 78 valence electrons. The number of nitrogens with one attached hydrogen (secondary N) is 4. The first kappa shape index (κ1) is 12.3. The third-order valence-corrected chi connectivity index (χ3v) is 1.36. The number of nitrogens with zero attached hydrogens (tertiary/aromatic N) is 1. The summed E-state index contributed by atoms with van der Waals surface area (Å²) in [4.78, 5) is 14.9. The molecule has 0 heterocycles. The summed E-state index contributed by atoms with van der Waals surface area (Å²) in [6.45, 7) is 1.67. The van der Waals surface area contributed by atoms with Gasteiger partial charge in [0, 0.05) is 7.05 Å². The molecule has 0 spiro atoms. The summed E-state index contributed by atoms with van der Waals surface area (Å²) in [5.41, 5.74) is 7.33. The largest absolute Gasteiger partial charge is 0.308 e. The lowest BCUT2D eigenvalue weighted by Gasteiger charge is -2.08. The van der Waals surface area contributed by atoms with Gasteiger partial charge in [0.1, 0.15) is 6.34 Å². The Bertz CT molecular complexity index is 269. The van der Waals surface area contributed by atoms with Crippen LogP contribution in [0.2, 0.25) is 0 Å².